The van der Waals surface area contributed by atoms with Gasteiger partial charge in [-0.05, 0) is 38.0 Å². The van der Waals surface area contributed by atoms with Crippen molar-refractivity contribution in [2.45, 2.75) is 45.1 Å². The summed E-state index contributed by atoms with van der Waals surface area (Å²) in [4.78, 5) is 8.37. The maximum absolute atomic E-state index is 9.50. The van der Waals surface area contributed by atoms with E-state index in [-0.39, 0.29) is 12.1 Å². The fourth-order valence-corrected chi connectivity index (χ4v) is 2.50. The minimum absolute atomic E-state index is 0.106. The molecule has 0 aromatic carbocycles. The predicted octanol–water partition coefficient (Wildman–Crippen LogP) is 1.84. The lowest BCUT2D eigenvalue weighted by Gasteiger charge is -2.25. The molecule has 5 N–H and O–H groups in total. The third-order valence-corrected chi connectivity index (χ3v) is 3.69. The first kappa shape index (κ1) is 14.8. The first-order valence-corrected chi connectivity index (χ1v) is 7.47. The topological polar surface area (TPSA) is 96.1 Å². The van der Waals surface area contributed by atoms with Gasteiger partial charge in [0.2, 0.25) is 5.95 Å². The first-order valence-electron chi connectivity index (χ1n) is 7.47. The number of aromatic nitrogens is 2. The third-order valence-electron chi connectivity index (χ3n) is 3.69. The SMILES string of the molecule is CCCNc1cc(NCC2CCC(O)CC2)nc(N)n1. The Labute approximate surface area is 120 Å². The monoisotopic (exact) mass is 279 g/mol. The van der Waals surface area contributed by atoms with E-state index in [0.717, 1.165) is 56.8 Å². The molecule has 0 bridgehead atoms. The van der Waals surface area contributed by atoms with Crippen molar-refractivity contribution in [2.75, 3.05) is 29.5 Å². The lowest BCUT2D eigenvalue weighted by atomic mass is 9.87. The molecule has 1 aromatic rings. The second kappa shape index (κ2) is 7.28. The Balaban J connectivity index is 1.87. The number of nitrogen functional groups attached to an aromatic ring is 1. The average Bonchev–Trinajstić information content (AvgIpc) is 2.44. The Kier molecular flexibility index (Phi) is 5.40. The summed E-state index contributed by atoms with van der Waals surface area (Å²) in [5.41, 5.74) is 5.72. The van der Waals surface area contributed by atoms with Crippen molar-refractivity contribution < 1.29 is 5.11 Å². The molecule has 0 spiro atoms. The third kappa shape index (κ3) is 4.52. The summed E-state index contributed by atoms with van der Waals surface area (Å²) in [6.45, 7) is 3.85. The van der Waals surface area contributed by atoms with Gasteiger partial charge >= 0.3 is 0 Å². The van der Waals surface area contributed by atoms with Gasteiger partial charge < -0.3 is 21.5 Å². The summed E-state index contributed by atoms with van der Waals surface area (Å²) in [6, 6.07) is 1.89. The van der Waals surface area contributed by atoms with Gasteiger partial charge in [0.1, 0.15) is 11.6 Å². The lowest BCUT2D eigenvalue weighted by Crippen LogP contribution is -2.24. The number of hydrogen-bond donors (Lipinski definition) is 4. The van der Waals surface area contributed by atoms with Crippen LogP contribution in [0.1, 0.15) is 39.0 Å². The summed E-state index contributed by atoms with van der Waals surface area (Å²) in [7, 11) is 0. The van der Waals surface area contributed by atoms with E-state index in [0.29, 0.717) is 5.92 Å². The van der Waals surface area contributed by atoms with Gasteiger partial charge in [0, 0.05) is 19.2 Å². The van der Waals surface area contributed by atoms with E-state index >= 15 is 0 Å². The molecule has 0 unspecified atom stereocenters. The first-order chi connectivity index (χ1) is 9.67. The average molecular weight is 279 g/mol. The summed E-state index contributed by atoms with van der Waals surface area (Å²) < 4.78 is 0. The molecule has 0 atom stereocenters. The van der Waals surface area contributed by atoms with E-state index in [1.807, 2.05) is 6.07 Å². The number of hydrogen-bond acceptors (Lipinski definition) is 6. The summed E-state index contributed by atoms with van der Waals surface area (Å²) in [5.74, 6) is 2.41. The molecular weight excluding hydrogens is 254 g/mol. The molecule has 6 nitrogen and oxygen atoms in total. The molecule has 20 heavy (non-hydrogen) atoms. The van der Waals surface area contributed by atoms with Gasteiger partial charge in [-0.25, -0.2) is 0 Å². The molecule has 0 radical (unpaired) electrons. The van der Waals surface area contributed by atoms with Gasteiger partial charge in [0.05, 0.1) is 6.10 Å². The summed E-state index contributed by atoms with van der Waals surface area (Å²) >= 11 is 0. The molecule has 0 saturated heterocycles. The second-order valence-corrected chi connectivity index (χ2v) is 5.48. The van der Waals surface area contributed by atoms with E-state index in [4.69, 9.17) is 5.73 Å². The van der Waals surface area contributed by atoms with Crippen LogP contribution in [0.15, 0.2) is 6.07 Å². The highest BCUT2D eigenvalue weighted by Gasteiger charge is 2.19. The van der Waals surface area contributed by atoms with Gasteiger partial charge in [-0.2, -0.15) is 9.97 Å². The Hall–Kier alpha value is -1.56. The smallest absolute Gasteiger partial charge is 0.223 e. The van der Waals surface area contributed by atoms with Crippen molar-refractivity contribution >= 4 is 17.6 Å². The van der Waals surface area contributed by atoms with Crippen LogP contribution in [-0.4, -0.2) is 34.3 Å². The van der Waals surface area contributed by atoms with Crippen LogP contribution in [0.4, 0.5) is 17.6 Å². The molecule has 1 heterocycles. The maximum atomic E-state index is 9.50. The molecule has 1 saturated carbocycles. The van der Waals surface area contributed by atoms with Crippen molar-refractivity contribution in [3.05, 3.63) is 6.07 Å². The lowest BCUT2D eigenvalue weighted by molar-refractivity contribution is 0.111. The molecule has 112 valence electrons. The number of aliphatic hydroxyl groups is 1. The predicted molar refractivity (Wildman–Crippen MR) is 81.7 cm³/mol. The number of nitrogens with two attached hydrogens (primary N) is 1. The highest BCUT2D eigenvalue weighted by molar-refractivity contribution is 5.50. The fraction of sp³-hybridized carbons (Fsp3) is 0.714. The zero-order valence-electron chi connectivity index (χ0n) is 12.1. The minimum atomic E-state index is -0.106. The molecule has 0 aliphatic heterocycles. The summed E-state index contributed by atoms with van der Waals surface area (Å²) in [6.07, 6.45) is 4.87. The Morgan fingerprint density at radius 3 is 2.50 bits per heavy atom. The number of nitrogens with one attached hydrogen (secondary N) is 2. The van der Waals surface area contributed by atoms with Crippen LogP contribution in [0, 0.1) is 5.92 Å². The van der Waals surface area contributed by atoms with Crippen molar-refractivity contribution in [3.63, 3.8) is 0 Å². The van der Waals surface area contributed by atoms with E-state index in [1.54, 1.807) is 0 Å². The Morgan fingerprint density at radius 1 is 1.20 bits per heavy atom. The van der Waals surface area contributed by atoms with Crippen LogP contribution in [-0.2, 0) is 0 Å². The Morgan fingerprint density at radius 2 is 1.85 bits per heavy atom. The largest absolute Gasteiger partial charge is 0.393 e. The number of aliphatic hydroxyl groups excluding tert-OH is 1. The standard InChI is InChI=1S/C14H25N5O/c1-2-7-16-12-8-13(19-14(15)18-12)17-9-10-3-5-11(20)6-4-10/h8,10-11,20H,2-7,9H2,1H3,(H4,15,16,17,18,19). The molecular formula is C14H25N5O. The molecule has 1 aliphatic carbocycles. The van der Waals surface area contributed by atoms with Gasteiger partial charge in [0.25, 0.3) is 0 Å². The van der Waals surface area contributed by atoms with Crippen LogP contribution >= 0.6 is 0 Å². The van der Waals surface area contributed by atoms with Gasteiger partial charge in [-0.15, -0.1) is 0 Å². The van der Waals surface area contributed by atoms with Crippen molar-refractivity contribution in [2.24, 2.45) is 5.92 Å². The molecule has 0 amide bonds. The van der Waals surface area contributed by atoms with Crippen molar-refractivity contribution in [1.29, 1.82) is 0 Å². The van der Waals surface area contributed by atoms with E-state index in [2.05, 4.69) is 27.5 Å². The van der Waals surface area contributed by atoms with Gasteiger partial charge in [-0.3, -0.25) is 0 Å². The maximum Gasteiger partial charge on any atom is 0.223 e. The fourth-order valence-electron chi connectivity index (χ4n) is 2.50. The van der Waals surface area contributed by atoms with E-state index in [9.17, 15) is 5.11 Å². The van der Waals surface area contributed by atoms with Crippen molar-refractivity contribution in [3.8, 4) is 0 Å². The zero-order valence-corrected chi connectivity index (χ0v) is 12.1. The number of rotatable bonds is 6. The highest BCUT2D eigenvalue weighted by Crippen LogP contribution is 2.24. The summed E-state index contributed by atoms with van der Waals surface area (Å²) in [5, 5.41) is 16.1. The van der Waals surface area contributed by atoms with Crippen LogP contribution in [0.5, 0.6) is 0 Å². The van der Waals surface area contributed by atoms with Crippen LogP contribution in [0.3, 0.4) is 0 Å². The van der Waals surface area contributed by atoms with Crippen molar-refractivity contribution in [1.82, 2.24) is 9.97 Å². The second-order valence-electron chi connectivity index (χ2n) is 5.48. The van der Waals surface area contributed by atoms with Crippen LogP contribution in [0.25, 0.3) is 0 Å². The zero-order chi connectivity index (χ0) is 14.4. The van der Waals surface area contributed by atoms with Crippen LogP contribution < -0.4 is 16.4 Å². The molecule has 1 aromatic heterocycles. The van der Waals surface area contributed by atoms with E-state index in [1.165, 1.54) is 0 Å². The Bertz CT molecular complexity index is 418. The molecule has 6 heteroatoms. The van der Waals surface area contributed by atoms with Crippen LogP contribution in [0.2, 0.25) is 0 Å². The van der Waals surface area contributed by atoms with Gasteiger partial charge in [0.15, 0.2) is 0 Å². The number of nitrogens with zero attached hydrogens (tertiary/aromatic N) is 2. The van der Waals surface area contributed by atoms with E-state index < -0.39 is 0 Å². The van der Waals surface area contributed by atoms with Gasteiger partial charge in [-0.1, -0.05) is 6.92 Å². The highest BCUT2D eigenvalue weighted by atomic mass is 16.3. The molecule has 2 rings (SSSR count). The quantitative estimate of drug-likeness (QED) is 0.634. The minimum Gasteiger partial charge on any atom is -0.393 e. The normalized spacial score (nSPS) is 22.5. The number of anilines is 3. The molecule has 1 aliphatic rings. The molecule has 1 fully saturated rings.